The maximum absolute atomic E-state index is 13.0. The van der Waals surface area contributed by atoms with E-state index in [1.54, 1.807) is 32.9 Å². The van der Waals surface area contributed by atoms with Gasteiger partial charge in [0.1, 0.15) is 16.9 Å². The Bertz CT molecular complexity index is 1140. The van der Waals surface area contributed by atoms with Crippen molar-refractivity contribution in [3.8, 4) is 5.75 Å². The number of benzene rings is 2. The number of hydrogen-bond donors (Lipinski definition) is 2. The Morgan fingerprint density at radius 1 is 1.00 bits per heavy atom. The van der Waals surface area contributed by atoms with Gasteiger partial charge in [0.05, 0.1) is 11.8 Å². The van der Waals surface area contributed by atoms with Gasteiger partial charge < -0.3 is 14.8 Å². The number of methoxy groups -OCH3 is 1. The van der Waals surface area contributed by atoms with E-state index in [2.05, 4.69) is 15.6 Å². The molecular formula is C23H27N3O4S. The number of thiazole rings is 1. The van der Waals surface area contributed by atoms with Crippen LogP contribution in [0.25, 0.3) is 10.2 Å². The first-order valence-electron chi connectivity index (χ1n) is 9.84. The van der Waals surface area contributed by atoms with Crippen LogP contribution in [0.1, 0.15) is 47.8 Å². The summed E-state index contributed by atoms with van der Waals surface area (Å²) in [7, 11) is 1.52. The van der Waals surface area contributed by atoms with E-state index in [9.17, 15) is 9.59 Å². The van der Waals surface area contributed by atoms with Gasteiger partial charge >= 0.3 is 6.09 Å². The summed E-state index contributed by atoms with van der Waals surface area (Å²) >= 11 is 1.24. The van der Waals surface area contributed by atoms with Crippen LogP contribution >= 0.6 is 11.3 Å². The maximum atomic E-state index is 13.0. The SMILES string of the molecule is COc1cc(C(=O)Nc2c(C)cc(C)cc2C)cc2sc(NC(=O)OC(C)(C)C)nc12. The van der Waals surface area contributed by atoms with Crippen molar-refractivity contribution in [2.45, 2.75) is 47.1 Å². The average molecular weight is 442 g/mol. The number of aryl methyl sites for hydroxylation is 3. The minimum Gasteiger partial charge on any atom is -0.494 e. The van der Waals surface area contributed by atoms with E-state index in [1.165, 1.54) is 18.4 Å². The largest absolute Gasteiger partial charge is 0.494 e. The van der Waals surface area contributed by atoms with Crippen LogP contribution in [0.5, 0.6) is 5.75 Å². The Morgan fingerprint density at radius 3 is 2.23 bits per heavy atom. The highest BCUT2D eigenvalue weighted by molar-refractivity contribution is 7.22. The van der Waals surface area contributed by atoms with Crippen molar-refractivity contribution in [3.05, 3.63) is 46.5 Å². The van der Waals surface area contributed by atoms with E-state index in [0.29, 0.717) is 26.7 Å². The fraction of sp³-hybridized carbons (Fsp3) is 0.348. The molecule has 31 heavy (non-hydrogen) atoms. The maximum Gasteiger partial charge on any atom is 0.413 e. The van der Waals surface area contributed by atoms with Crippen LogP contribution in [0.3, 0.4) is 0 Å². The Labute approximate surface area is 185 Å². The van der Waals surface area contributed by atoms with Gasteiger partial charge in [0, 0.05) is 11.3 Å². The van der Waals surface area contributed by atoms with Crippen LogP contribution < -0.4 is 15.4 Å². The van der Waals surface area contributed by atoms with Crippen LogP contribution in [0.4, 0.5) is 15.6 Å². The number of rotatable bonds is 4. The number of carbonyl (C=O) groups excluding carboxylic acids is 2. The van der Waals surface area contributed by atoms with Gasteiger partial charge in [0.25, 0.3) is 5.91 Å². The molecule has 0 unspecified atom stereocenters. The van der Waals surface area contributed by atoms with Crippen molar-refractivity contribution in [2.75, 3.05) is 17.7 Å². The normalized spacial score (nSPS) is 11.3. The first-order chi connectivity index (χ1) is 14.5. The molecule has 2 amide bonds. The molecule has 164 valence electrons. The summed E-state index contributed by atoms with van der Waals surface area (Å²) in [6, 6.07) is 7.45. The molecule has 0 spiro atoms. The van der Waals surface area contributed by atoms with Crippen molar-refractivity contribution in [2.24, 2.45) is 0 Å². The fourth-order valence-corrected chi connectivity index (χ4v) is 4.20. The van der Waals surface area contributed by atoms with Crippen molar-refractivity contribution < 1.29 is 19.1 Å². The summed E-state index contributed by atoms with van der Waals surface area (Å²) in [6.45, 7) is 11.3. The van der Waals surface area contributed by atoms with Gasteiger partial charge in [-0.2, -0.15) is 0 Å². The zero-order valence-electron chi connectivity index (χ0n) is 18.8. The van der Waals surface area contributed by atoms with Gasteiger partial charge in [-0.05, 0) is 64.8 Å². The lowest BCUT2D eigenvalue weighted by Gasteiger charge is -2.18. The highest BCUT2D eigenvalue weighted by Gasteiger charge is 2.20. The van der Waals surface area contributed by atoms with Crippen LogP contribution in [0, 0.1) is 20.8 Å². The fourth-order valence-electron chi connectivity index (χ4n) is 3.29. The van der Waals surface area contributed by atoms with E-state index in [4.69, 9.17) is 9.47 Å². The molecule has 0 atom stereocenters. The van der Waals surface area contributed by atoms with Crippen LogP contribution in [0.15, 0.2) is 24.3 Å². The first kappa shape index (κ1) is 22.6. The smallest absolute Gasteiger partial charge is 0.413 e. The molecule has 0 bridgehead atoms. The summed E-state index contributed by atoms with van der Waals surface area (Å²) in [6.07, 6.45) is -0.589. The third kappa shape index (κ3) is 5.32. The van der Waals surface area contributed by atoms with Gasteiger partial charge in [0.15, 0.2) is 5.13 Å². The lowest BCUT2D eigenvalue weighted by molar-refractivity contribution is 0.0635. The van der Waals surface area contributed by atoms with Gasteiger partial charge in [0.2, 0.25) is 0 Å². The quantitative estimate of drug-likeness (QED) is 0.532. The molecule has 8 heteroatoms. The molecule has 0 radical (unpaired) electrons. The molecule has 0 saturated heterocycles. The van der Waals surface area contributed by atoms with Crippen LogP contribution in [0.2, 0.25) is 0 Å². The van der Waals surface area contributed by atoms with Crippen molar-refractivity contribution in [3.63, 3.8) is 0 Å². The minimum atomic E-state index is -0.615. The highest BCUT2D eigenvalue weighted by atomic mass is 32.1. The molecule has 0 aliphatic rings. The molecule has 0 aliphatic carbocycles. The van der Waals surface area contributed by atoms with E-state index < -0.39 is 11.7 Å². The third-order valence-electron chi connectivity index (χ3n) is 4.47. The molecule has 1 aromatic heterocycles. The molecule has 0 fully saturated rings. The Morgan fingerprint density at radius 2 is 1.65 bits per heavy atom. The van der Waals surface area contributed by atoms with Gasteiger partial charge in [-0.25, -0.2) is 9.78 Å². The number of carbonyl (C=O) groups is 2. The third-order valence-corrected chi connectivity index (χ3v) is 5.38. The van der Waals surface area contributed by atoms with E-state index >= 15 is 0 Å². The minimum absolute atomic E-state index is 0.245. The molecule has 7 nitrogen and oxygen atoms in total. The van der Waals surface area contributed by atoms with E-state index in [0.717, 1.165) is 22.4 Å². The summed E-state index contributed by atoms with van der Waals surface area (Å²) in [5.74, 6) is 0.207. The second kappa shape index (κ2) is 8.55. The highest BCUT2D eigenvalue weighted by Crippen LogP contribution is 2.34. The Balaban J connectivity index is 1.90. The standard InChI is InChI=1S/C23H27N3O4S/c1-12-8-13(2)18(14(3)9-12)24-20(27)15-10-16(29-7)19-17(11-15)31-21(25-19)26-22(28)30-23(4,5)6/h8-11H,1-7H3,(H,24,27)(H,25,26,28). The zero-order valence-corrected chi connectivity index (χ0v) is 19.6. The number of nitrogens with zero attached hydrogens (tertiary/aromatic N) is 1. The lowest BCUT2D eigenvalue weighted by atomic mass is 10.0. The number of aromatic nitrogens is 1. The second-order valence-corrected chi connectivity index (χ2v) is 9.43. The number of amides is 2. The average Bonchev–Trinajstić information content (AvgIpc) is 3.03. The molecule has 3 rings (SSSR count). The molecule has 0 aliphatic heterocycles. The molecule has 2 aromatic carbocycles. The number of anilines is 2. The predicted octanol–water partition coefficient (Wildman–Crippen LogP) is 5.83. The Kier molecular flexibility index (Phi) is 6.22. The first-order valence-corrected chi connectivity index (χ1v) is 10.7. The van der Waals surface area contributed by atoms with Crippen LogP contribution in [-0.4, -0.2) is 29.7 Å². The molecule has 1 heterocycles. The van der Waals surface area contributed by atoms with Crippen molar-refractivity contribution >= 4 is 44.4 Å². The predicted molar refractivity (Wildman–Crippen MR) is 125 cm³/mol. The number of hydrogen-bond acceptors (Lipinski definition) is 6. The topological polar surface area (TPSA) is 89.6 Å². The Hall–Kier alpha value is -3.13. The van der Waals surface area contributed by atoms with Crippen molar-refractivity contribution in [1.82, 2.24) is 4.98 Å². The number of ether oxygens (including phenoxy) is 2. The summed E-state index contributed by atoms with van der Waals surface area (Å²) < 4.78 is 11.4. The summed E-state index contributed by atoms with van der Waals surface area (Å²) in [4.78, 5) is 29.5. The number of fused-ring (bicyclic) bond motifs is 1. The monoisotopic (exact) mass is 441 g/mol. The molecular weight excluding hydrogens is 414 g/mol. The van der Waals surface area contributed by atoms with E-state index in [1.807, 2.05) is 32.9 Å². The molecule has 0 saturated carbocycles. The summed E-state index contributed by atoms with van der Waals surface area (Å²) in [5, 5.41) is 6.01. The van der Waals surface area contributed by atoms with Gasteiger partial charge in [-0.1, -0.05) is 29.0 Å². The van der Waals surface area contributed by atoms with Gasteiger partial charge in [-0.3, -0.25) is 10.1 Å². The second-order valence-electron chi connectivity index (χ2n) is 8.40. The number of nitrogens with one attached hydrogen (secondary N) is 2. The molecule has 2 N–H and O–H groups in total. The lowest BCUT2D eigenvalue weighted by Crippen LogP contribution is -2.27. The zero-order chi connectivity index (χ0) is 22.9. The van der Waals surface area contributed by atoms with Crippen LogP contribution in [-0.2, 0) is 4.74 Å². The van der Waals surface area contributed by atoms with E-state index in [-0.39, 0.29) is 5.91 Å². The van der Waals surface area contributed by atoms with Crippen molar-refractivity contribution in [1.29, 1.82) is 0 Å². The van der Waals surface area contributed by atoms with Gasteiger partial charge in [-0.15, -0.1) is 0 Å². The summed E-state index contributed by atoms with van der Waals surface area (Å²) in [5.41, 5.74) is 4.34. The molecule has 3 aromatic rings.